The maximum absolute atomic E-state index is 12.5. The van der Waals surface area contributed by atoms with Crippen LogP contribution in [0.5, 0.6) is 0 Å². The van der Waals surface area contributed by atoms with E-state index >= 15 is 0 Å². The zero-order valence-corrected chi connectivity index (χ0v) is 13.4. The largest absolute Gasteiger partial charge is 0.462 e. The molecular weight excluding hydrogens is 306 g/mol. The molecular formula is C18H21N3O3. The Bertz CT molecular complexity index is 711. The Balaban J connectivity index is 1.52. The number of nitrogens with one attached hydrogen (secondary N) is 1. The van der Waals surface area contributed by atoms with E-state index in [-0.39, 0.29) is 24.6 Å². The molecule has 2 aliphatic rings. The number of carbonyl (C=O) groups excluding carboxylic acids is 1. The minimum atomic E-state index is -0.102. The zero-order chi connectivity index (χ0) is 16.5. The molecule has 1 saturated heterocycles. The number of nitrogens with zero attached hydrogens (tertiary/aromatic N) is 2. The zero-order valence-electron chi connectivity index (χ0n) is 13.4. The van der Waals surface area contributed by atoms with Gasteiger partial charge in [-0.3, -0.25) is 9.78 Å². The van der Waals surface area contributed by atoms with Gasteiger partial charge < -0.3 is 19.7 Å². The van der Waals surface area contributed by atoms with E-state index in [0.29, 0.717) is 24.8 Å². The highest BCUT2D eigenvalue weighted by molar-refractivity contribution is 5.81. The lowest BCUT2D eigenvalue weighted by Crippen LogP contribution is -2.37. The molecule has 4 rings (SSSR count). The topological polar surface area (TPSA) is 78.6 Å². The van der Waals surface area contributed by atoms with Crippen LogP contribution in [0.1, 0.15) is 42.4 Å². The lowest BCUT2D eigenvalue weighted by atomic mass is 10.0. The summed E-state index contributed by atoms with van der Waals surface area (Å²) in [5.74, 6) is 1.53. The Hall–Kier alpha value is -2.18. The van der Waals surface area contributed by atoms with Crippen molar-refractivity contribution >= 4 is 5.91 Å². The summed E-state index contributed by atoms with van der Waals surface area (Å²) in [6.45, 7) is 0.433. The number of pyridine rings is 1. The molecule has 2 aromatic rings. The van der Waals surface area contributed by atoms with Gasteiger partial charge in [-0.15, -0.1) is 0 Å². The molecule has 2 fully saturated rings. The molecule has 1 aliphatic carbocycles. The van der Waals surface area contributed by atoms with E-state index in [2.05, 4.69) is 10.3 Å². The van der Waals surface area contributed by atoms with Gasteiger partial charge in [0.05, 0.1) is 12.6 Å². The fourth-order valence-corrected chi connectivity index (χ4v) is 3.50. The van der Waals surface area contributed by atoms with Gasteiger partial charge in [0.1, 0.15) is 18.1 Å². The molecule has 126 valence electrons. The molecule has 1 aliphatic heterocycles. The summed E-state index contributed by atoms with van der Waals surface area (Å²) in [5, 5.41) is 12.5. The third-order valence-corrected chi connectivity index (χ3v) is 4.74. The van der Waals surface area contributed by atoms with Crippen LogP contribution in [0.2, 0.25) is 0 Å². The standard InChI is InChI=1S/C18H21N3O3/c22-11-15-6-5-14(24-15)10-20-16-8-17(23)21(13-3-4-13)18(16)12-2-1-7-19-9-12/h1-2,5-7,9,13,16,18,20,22H,3-4,8,10-11H2/t16-,18+/m1/s1. The van der Waals surface area contributed by atoms with Crippen LogP contribution in [0, 0.1) is 0 Å². The smallest absolute Gasteiger partial charge is 0.225 e. The van der Waals surface area contributed by atoms with Crippen LogP contribution < -0.4 is 5.32 Å². The summed E-state index contributed by atoms with van der Waals surface area (Å²) in [4.78, 5) is 18.8. The van der Waals surface area contributed by atoms with E-state index in [0.717, 1.165) is 24.2 Å². The molecule has 1 saturated carbocycles. The Morgan fingerprint density at radius 1 is 1.29 bits per heavy atom. The Kier molecular flexibility index (Phi) is 4.08. The second-order valence-corrected chi connectivity index (χ2v) is 6.48. The fourth-order valence-electron chi connectivity index (χ4n) is 3.50. The molecule has 0 spiro atoms. The third-order valence-electron chi connectivity index (χ3n) is 4.74. The summed E-state index contributed by atoms with van der Waals surface area (Å²) in [6.07, 6.45) is 6.28. The molecule has 2 atom stereocenters. The molecule has 1 amide bonds. The maximum atomic E-state index is 12.5. The van der Waals surface area contributed by atoms with E-state index in [1.807, 2.05) is 29.3 Å². The van der Waals surface area contributed by atoms with Gasteiger partial charge in [-0.05, 0) is 36.6 Å². The van der Waals surface area contributed by atoms with Crippen molar-refractivity contribution < 1.29 is 14.3 Å². The molecule has 6 heteroatoms. The molecule has 2 N–H and O–H groups in total. The Morgan fingerprint density at radius 3 is 2.79 bits per heavy atom. The second kappa shape index (κ2) is 6.37. The number of rotatable bonds is 6. The molecule has 0 radical (unpaired) electrons. The first-order valence-corrected chi connectivity index (χ1v) is 8.39. The number of carbonyl (C=O) groups is 1. The van der Waals surface area contributed by atoms with E-state index in [1.165, 1.54) is 0 Å². The summed E-state index contributed by atoms with van der Waals surface area (Å²) in [5.41, 5.74) is 1.07. The lowest BCUT2D eigenvalue weighted by molar-refractivity contribution is -0.129. The predicted octanol–water partition coefficient (Wildman–Crippen LogP) is 1.76. The maximum Gasteiger partial charge on any atom is 0.225 e. The minimum absolute atomic E-state index is 0.0194. The number of amides is 1. The molecule has 0 unspecified atom stereocenters. The molecule has 0 aromatic carbocycles. The predicted molar refractivity (Wildman–Crippen MR) is 86.7 cm³/mol. The van der Waals surface area contributed by atoms with Gasteiger partial charge in [0.15, 0.2) is 0 Å². The average molecular weight is 327 g/mol. The first-order chi connectivity index (χ1) is 11.8. The van der Waals surface area contributed by atoms with Crippen LogP contribution in [0.4, 0.5) is 0 Å². The fraction of sp³-hybridized carbons (Fsp3) is 0.444. The van der Waals surface area contributed by atoms with E-state index in [4.69, 9.17) is 9.52 Å². The summed E-state index contributed by atoms with van der Waals surface area (Å²) in [6, 6.07) is 8.01. The molecule has 2 aromatic heterocycles. The van der Waals surface area contributed by atoms with Crippen LogP contribution in [0.3, 0.4) is 0 Å². The third kappa shape index (κ3) is 2.95. The summed E-state index contributed by atoms with van der Waals surface area (Å²) in [7, 11) is 0. The van der Waals surface area contributed by atoms with Crippen molar-refractivity contribution in [3.63, 3.8) is 0 Å². The van der Waals surface area contributed by atoms with Crippen molar-refractivity contribution in [2.45, 2.75) is 50.5 Å². The molecule has 0 bridgehead atoms. The SMILES string of the molecule is O=C1C[C@@H](NCc2ccc(CO)o2)[C@H](c2cccnc2)N1C1CC1. The number of hydrogen-bond donors (Lipinski definition) is 2. The minimum Gasteiger partial charge on any atom is -0.462 e. The summed E-state index contributed by atoms with van der Waals surface area (Å²) >= 11 is 0. The highest BCUT2D eigenvalue weighted by Gasteiger charge is 2.47. The lowest BCUT2D eigenvalue weighted by Gasteiger charge is -2.28. The number of furan rings is 1. The monoisotopic (exact) mass is 327 g/mol. The second-order valence-electron chi connectivity index (χ2n) is 6.48. The van der Waals surface area contributed by atoms with Gasteiger partial charge >= 0.3 is 0 Å². The number of likely N-dealkylation sites (tertiary alicyclic amines) is 1. The summed E-state index contributed by atoms with van der Waals surface area (Å²) < 4.78 is 5.52. The number of aliphatic hydroxyl groups is 1. The van der Waals surface area contributed by atoms with Gasteiger partial charge in [-0.2, -0.15) is 0 Å². The highest BCUT2D eigenvalue weighted by atomic mass is 16.4. The molecule has 24 heavy (non-hydrogen) atoms. The van der Waals surface area contributed by atoms with Crippen LogP contribution in [-0.2, 0) is 17.9 Å². The van der Waals surface area contributed by atoms with Crippen molar-refractivity contribution in [2.24, 2.45) is 0 Å². The van der Waals surface area contributed by atoms with Crippen molar-refractivity contribution in [2.75, 3.05) is 0 Å². The van der Waals surface area contributed by atoms with Gasteiger partial charge in [0, 0.05) is 30.9 Å². The molecule has 3 heterocycles. The number of hydrogen-bond acceptors (Lipinski definition) is 5. The van der Waals surface area contributed by atoms with Gasteiger partial charge in [0.25, 0.3) is 0 Å². The first kappa shape index (κ1) is 15.4. The van der Waals surface area contributed by atoms with Crippen LogP contribution in [0.15, 0.2) is 41.1 Å². The van der Waals surface area contributed by atoms with Crippen molar-refractivity contribution in [3.05, 3.63) is 53.7 Å². The van der Waals surface area contributed by atoms with Crippen molar-refractivity contribution in [1.29, 1.82) is 0 Å². The Morgan fingerprint density at radius 2 is 2.12 bits per heavy atom. The van der Waals surface area contributed by atoms with Crippen molar-refractivity contribution in [3.8, 4) is 0 Å². The van der Waals surface area contributed by atoms with E-state index in [1.54, 1.807) is 12.3 Å². The van der Waals surface area contributed by atoms with E-state index in [9.17, 15) is 4.79 Å². The van der Waals surface area contributed by atoms with Gasteiger partial charge in [-0.1, -0.05) is 6.07 Å². The van der Waals surface area contributed by atoms with E-state index < -0.39 is 0 Å². The van der Waals surface area contributed by atoms with Gasteiger partial charge in [-0.25, -0.2) is 0 Å². The average Bonchev–Trinajstić information content (AvgIpc) is 3.24. The normalized spacial score (nSPS) is 23.9. The molecule has 6 nitrogen and oxygen atoms in total. The highest BCUT2D eigenvalue weighted by Crippen LogP contribution is 2.41. The quantitative estimate of drug-likeness (QED) is 0.845. The van der Waals surface area contributed by atoms with Crippen molar-refractivity contribution in [1.82, 2.24) is 15.2 Å². The van der Waals surface area contributed by atoms with Gasteiger partial charge in [0.2, 0.25) is 5.91 Å². The Labute approximate surface area is 140 Å². The number of aromatic nitrogens is 1. The van der Waals surface area contributed by atoms with Crippen LogP contribution in [-0.4, -0.2) is 33.0 Å². The number of aliphatic hydroxyl groups excluding tert-OH is 1. The van der Waals surface area contributed by atoms with Crippen LogP contribution in [0.25, 0.3) is 0 Å². The van der Waals surface area contributed by atoms with Crippen LogP contribution >= 0.6 is 0 Å². The first-order valence-electron chi connectivity index (χ1n) is 8.39.